The molecule has 0 aliphatic carbocycles. The number of anilines is 1. The number of hydrogen-bond acceptors (Lipinski definition) is 9. The number of nitrogens with zero attached hydrogens (tertiary/aromatic N) is 3. The van der Waals surface area contributed by atoms with Crippen LogP contribution in [0.2, 0.25) is 4.34 Å². The second-order valence-electron chi connectivity index (χ2n) is 12.0. The van der Waals surface area contributed by atoms with Gasteiger partial charge in [-0.05, 0) is 93.0 Å². The fraction of sp³-hybridized carbons (Fsp3) is 0.533. The van der Waals surface area contributed by atoms with Gasteiger partial charge >= 0.3 is 5.97 Å². The van der Waals surface area contributed by atoms with Gasteiger partial charge in [0.05, 0.1) is 4.47 Å². The Morgan fingerprint density at radius 1 is 1.02 bits per heavy atom. The lowest BCUT2D eigenvalue weighted by atomic mass is 9.88. The number of hydrogen-bond donors (Lipinski definition) is 2. The monoisotopic (exact) mass is 870 g/mol. The fourth-order valence-corrected chi connectivity index (χ4v) is 12.8. The van der Waals surface area contributed by atoms with Gasteiger partial charge in [-0.3, -0.25) is 4.79 Å². The molecular weight excluding hydrogens is 836 g/mol. The number of aromatic nitrogens is 1. The van der Waals surface area contributed by atoms with Crippen LogP contribution in [0.3, 0.4) is 0 Å². The summed E-state index contributed by atoms with van der Waals surface area (Å²) in [5.41, 5.74) is 0. The molecule has 0 radical (unpaired) electrons. The van der Waals surface area contributed by atoms with Crippen molar-refractivity contribution in [2.45, 2.75) is 72.9 Å². The third kappa shape index (κ3) is 9.57. The molecule has 2 N–H and O–H groups in total. The van der Waals surface area contributed by atoms with Crippen molar-refractivity contribution >= 4 is 98.0 Å². The molecule has 0 aromatic carbocycles. The van der Waals surface area contributed by atoms with Gasteiger partial charge in [-0.15, -0.1) is 22.7 Å². The third-order valence-electron chi connectivity index (χ3n) is 8.87. The molecule has 17 heteroatoms. The molecule has 2 fully saturated rings. The predicted octanol–water partition coefficient (Wildman–Crippen LogP) is 7.23. The SMILES string of the molecule is O=C(O)C(Cc1cccs1)NS(=O)(=O)c1cnc(N2CCC(CCCCC3CCN(S(=O)(=O)c4cc(Br)c(Cl)s4)CC3)CC2)c(Br)c1. The van der Waals surface area contributed by atoms with Crippen LogP contribution < -0.4 is 9.62 Å². The number of carboxylic acid groups (broad SMARTS) is 1. The molecule has 258 valence electrons. The van der Waals surface area contributed by atoms with Crippen LogP contribution in [-0.2, 0) is 31.3 Å². The highest BCUT2D eigenvalue weighted by Crippen LogP contribution is 2.37. The van der Waals surface area contributed by atoms with Gasteiger partial charge in [0.15, 0.2) is 0 Å². The summed E-state index contributed by atoms with van der Waals surface area (Å²) in [6.45, 7) is 2.73. The quantitative estimate of drug-likeness (QED) is 0.162. The summed E-state index contributed by atoms with van der Waals surface area (Å²) >= 11 is 15.3. The van der Waals surface area contributed by atoms with E-state index in [2.05, 4.69) is 46.5 Å². The molecule has 3 aromatic rings. The number of piperidine rings is 2. The summed E-state index contributed by atoms with van der Waals surface area (Å²) in [5, 5.41) is 11.4. The van der Waals surface area contributed by atoms with Crippen molar-refractivity contribution in [3.63, 3.8) is 0 Å². The van der Waals surface area contributed by atoms with Crippen LogP contribution in [-0.4, -0.2) is 69.4 Å². The van der Waals surface area contributed by atoms with E-state index in [9.17, 15) is 26.7 Å². The number of unbranched alkanes of at least 4 members (excludes halogenated alkanes) is 1. The smallest absolute Gasteiger partial charge is 0.322 e. The van der Waals surface area contributed by atoms with Crippen molar-refractivity contribution in [3.05, 3.63) is 54.0 Å². The van der Waals surface area contributed by atoms with Crippen LogP contribution in [0, 0.1) is 11.8 Å². The highest BCUT2D eigenvalue weighted by Gasteiger charge is 2.32. The minimum atomic E-state index is -4.10. The molecule has 10 nitrogen and oxygen atoms in total. The number of sulfonamides is 2. The first-order chi connectivity index (χ1) is 22.3. The van der Waals surface area contributed by atoms with Crippen molar-refractivity contribution < 1.29 is 26.7 Å². The second kappa shape index (κ2) is 16.3. The van der Waals surface area contributed by atoms with E-state index in [1.807, 2.05) is 5.38 Å². The standard InChI is InChI=1S/C30H37Br2ClN4O6S4/c31-24-18-27(45-28(24)33)47(42,43)37-13-9-21(10-14-37)5-2-1-4-20-7-11-36(12-8-20)29-25(32)17-23(19-34-29)46(40,41)35-26(30(38)39)16-22-6-3-15-44-22/h3,6,15,17-21,26,35H,1-2,4-5,7-14,16H2,(H,38,39). The van der Waals surface area contributed by atoms with Crippen LogP contribution in [0.5, 0.6) is 0 Å². The first-order valence-corrected chi connectivity index (χ1v) is 22.0. The van der Waals surface area contributed by atoms with Crippen LogP contribution >= 0.6 is 66.1 Å². The third-order valence-corrected chi connectivity index (χ3v) is 16.6. The van der Waals surface area contributed by atoms with Crippen LogP contribution in [0.25, 0.3) is 0 Å². The average molecular weight is 873 g/mol. The number of nitrogens with one attached hydrogen (secondary N) is 1. The topological polar surface area (TPSA) is 137 Å². The highest BCUT2D eigenvalue weighted by atomic mass is 79.9. The summed E-state index contributed by atoms with van der Waals surface area (Å²) in [7, 11) is -7.60. The number of aliphatic carboxylic acids is 1. The van der Waals surface area contributed by atoms with Crippen LogP contribution in [0.1, 0.15) is 56.2 Å². The molecule has 0 bridgehead atoms. The van der Waals surface area contributed by atoms with E-state index >= 15 is 0 Å². The van der Waals surface area contributed by atoms with Gasteiger partial charge in [-0.25, -0.2) is 21.8 Å². The zero-order chi connectivity index (χ0) is 33.8. The Morgan fingerprint density at radius 3 is 2.19 bits per heavy atom. The first-order valence-electron chi connectivity index (χ1n) is 15.5. The number of thiophene rings is 2. The Hall–Kier alpha value is -1.11. The average Bonchev–Trinajstić information content (AvgIpc) is 3.68. The molecular formula is C30H37Br2ClN4O6S4. The molecule has 5 heterocycles. The molecule has 1 atom stereocenters. The van der Waals surface area contributed by atoms with Gasteiger partial charge in [0.25, 0.3) is 10.0 Å². The maximum atomic E-state index is 13.0. The van der Waals surface area contributed by atoms with Gasteiger partial charge in [-0.1, -0.05) is 43.4 Å². The molecule has 3 aromatic heterocycles. The van der Waals surface area contributed by atoms with Gasteiger partial charge in [-0.2, -0.15) is 9.03 Å². The van der Waals surface area contributed by atoms with Crippen molar-refractivity contribution in [1.82, 2.24) is 14.0 Å². The lowest BCUT2D eigenvalue weighted by Crippen LogP contribution is -2.42. The summed E-state index contributed by atoms with van der Waals surface area (Å²) in [5.74, 6) is 0.605. The molecule has 2 aliphatic heterocycles. The van der Waals surface area contributed by atoms with E-state index < -0.39 is 32.1 Å². The maximum absolute atomic E-state index is 13.0. The number of carbonyl (C=O) groups is 1. The summed E-state index contributed by atoms with van der Waals surface area (Å²) < 4.78 is 57.8. The lowest BCUT2D eigenvalue weighted by Gasteiger charge is -2.33. The van der Waals surface area contributed by atoms with Crippen molar-refractivity contribution in [1.29, 1.82) is 0 Å². The van der Waals surface area contributed by atoms with Gasteiger partial charge in [0.1, 0.15) is 25.3 Å². The molecule has 5 rings (SSSR count). The van der Waals surface area contributed by atoms with E-state index in [-0.39, 0.29) is 15.5 Å². The van der Waals surface area contributed by atoms with E-state index in [1.54, 1.807) is 22.5 Å². The minimum absolute atomic E-state index is 0.0604. The minimum Gasteiger partial charge on any atom is -0.480 e. The number of halogens is 3. The van der Waals surface area contributed by atoms with E-state index in [1.165, 1.54) is 23.6 Å². The molecule has 2 aliphatic rings. The van der Waals surface area contributed by atoms with E-state index in [0.717, 1.165) is 80.7 Å². The largest absolute Gasteiger partial charge is 0.480 e. The Balaban J connectivity index is 1.03. The predicted molar refractivity (Wildman–Crippen MR) is 194 cm³/mol. The Bertz CT molecular complexity index is 1720. The van der Waals surface area contributed by atoms with Crippen LogP contribution in [0.15, 0.2) is 53.9 Å². The zero-order valence-electron chi connectivity index (χ0n) is 25.5. The molecule has 2 saturated heterocycles. The van der Waals surface area contributed by atoms with Gasteiger partial charge in [0.2, 0.25) is 10.0 Å². The molecule has 0 amide bonds. The van der Waals surface area contributed by atoms with Gasteiger partial charge < -0.3 is 10.0 Å². The summed E-state index contributed by atoms with van der Waals surface area (Å²) in [6.07, 6.45) is 9.72. The normalized spacial score (nSPS) is 18.1. The Morgan fingerprint density at radius 2 is 1.66 bits per heavy atom. The first kappa shape index (κ1) is 37.2. The molecule has 1 unspecified atom stereocenters. The number of carboxylic acids is 1. The van der Waals surface area contributed by atoms with Crippen molar-refractivity contribution in [2.24, 2.45) is 11.8 Å². The molecule has 47 heavy (non-hydrogen) atoms. The summed E-state index contributed by atoms with van der Waals surface area (Å²) in [6, 6.07) is 5.36. The fourth-order valence-electron chi connectivity index (χ4n) is 6.18. The number of pyridine rings is 1. The maximum Gasteiger partial charge on any atom is 0.322 e. The van der Waals surface area contributed by atoms with Crippen LogP contribution in [0.4, 0.5) is 5.82 Å². The number of rotatable bonds is 14. The second-order valence-corrected chi connectivity index (χ2v) is 20.3. The molecule has 0 saturated carbocycles. The highest BCUT2D eigenvalue weighted by molar-refractivity contribution is 9.11. The Labute approximate surface area is 306 Å². The lowest BCUT2D eigenvalue weighted by molar-refractivity contribution is -0.138. The molecule has 0 spiro atoms. The van der Waals surface area contributed by atoms with E-state index in [0.29, 0.717) is 44.0 Å². The zero-order valence-corrected chi connectivity index (χ0v) is 32.7. The van der Waals surface area contributed by atoms with Crippen molar-refractivity contribution in [2.75, 3.05) is 31.1 Å². The summed E-state index contributed by atoms with van der Waals surface area (Å²) in [4.78, 5) is 19.1. The Kier molecular flexibility index (Phi) is 12.9. The van der Waals surface area contributed by atoms with E-state index in [4.69, 9.17) is 11.6 Å². The van der Waals surface area contributed by atoms with Gasteiger partial charge in [0, 0.05) is 48.1 Å². The van der Waals surface area contributed by atoms with Crippen molar-refractivity contribution in [3.8, 4) is 0 Å².